The Hall–Kier alpha value is -2.38. The van der Waals surface area contributed by atoms with E-state index in [1.807, 2.05) is 42.5 Å². The Labute approximate surface area is 167 Å². The summed E-state index contributed by atoms with van der Waals surface area (Å²) in [7, 11) is 0. The second-order valence-electron chi connectivity index (χ2n) is 6.11. The fraction of sp³-hybridized carbons (Fsp3) is 0.250. The van der Waals surface area contributed by atoms with E-state index in [1.165, 1.54) is 11.8 Å². The monoisotopic (exact) mass is 401 g/mol. The molecule has 0 bridgehead atoms. The fourth-order valence-corrected chi connectivity index (χ4v) is 4.02. The van der Waals surface area contributed by atoms with E-state index in [4.69, 9.17) is 21.7 Å². The number of carbonyl (C=O) groups excluding carboxylic acids is 1. The van der Waals surface area contributed by atoms with Crippen molar-refractivity contribution in [3.63, 3.8) is 0 Å². The van der Waals surface area contributed by atoms with Crippen molar-refractivity contribution < 1.29 is 19.1 Å². The van der Waals surface area contributed by atoms with Crippen LogP contribution in [0.1, 0.15) is 31.4 Å². The van der Waals surface area contributed by atoms with Crippen LogP contribution in [0.15, 0.2) is 51.8 Å². The van der Waals surface area contributed by atoms with Gasteiger partial charge in [0.05, 0.1) is 4.91 Å². The highest BCUT2D eigenvalue weighted by atomic mass is 32.2. The molecule has 0 aliphatic carbocycles. The molecule has 27 heavy (non-hydrogen) atoms. The lowest BCUT2D eigenvalue weighted by molar-refractivity contribution is -0.137. The van der Waals surface area contributed by atoms with Crippen molar-refractivity contribution in [2.45, 2.75) is 25.7 Å². The van der Waals surface area contributed by atoms with Crippen LogP contribution in [0.4, 0.5) is 0 Å². The molecule has 0 radical (unpaired) electrons. The smallest absolute Gasteiger partial charge is 0.303 e. The second-order valence-corrected chi connectivity index (χ2v) is 7.78. The summed E-state index contributed by atoms with van der Waals surface area (Å²) in [5.74, 6) is 0.435. The van der Waals surface area contributed by atoms with E-state index in [0.717, 1.165) is 24.2 Å². The average molecular weight is 402 g/mol. The van der Waals surface area contributed by atoms with E-state index in [1.54, 1.807) is 11.0 Å². The van der Waals surface area contributed by atoms with E-state index in [2.05, 4.69) is 0 Å². The van der Waals surface area contributed by atoms with Gasteiger partial charge < -0.3 is 9.52 Å². The van der Waals surface area contributed by atoms with Crippen LogP contribution in [0.5, 0.6) is 0 Å². The number of furan rings is 1. The van der Waals surface area contributed by atoms with Crippen molar-refractivity contribution in [1.29, 1.82) is 0 Å². The maximum Gasteiger partial charge on any atom is 0.303 e. The quantitative estimate of drug-likeness (QED) is 0.389. The zero-order chi connectivity index (χ0) is 19.2. The number of unbranched alkanes of at least 4 members (excludes halogenated alkanes) is 2. The standard InChI is InChI=1S/C20H19NO4S2/c22-18(23)9-5-2-6-12-21-19(24)17(27-20(21)26)13-15-10-11-16(25-15)14-7-3-1-4-8-14/h1,3-4,7-8,10-11,13H,2,5-6,9,12H2,(H,22,23)/b17-13+. The topological polar surface area (TPSA) is 70.8 Å². The molecule has 5 nitrogen and oxygen atoms in total. The Morgan fingerprint density at radius 2 is 1.93 bits per heavy atom. The van der Waals surface area contributed by atoms with Crippen molar-refractivity contribution in [3.05, 3.63) is 53.1 Å². The highest BCUT2D eigenvalue weighted by Crippen LogP contribution is 2.33. The normalized spacial score (nSPS) is 15.7. The van der Waals surface area contributed by atoms with Crippen LogP contribution in [0, 0.1) is 0 Å². The first-order valence-electron chi connectivity index (χ1n) is 8.67. The molecule has 1 N–H and O–H groups in total. The Kier molecular flexibility index (Phi) is 6.47. The molecule has 1 aromatic carbocycles. The van der Waals surface area contributed by atoms with Crippen LogP contribution in [-0.2, 0) is 9.59 Å². The van der Waals surface area contributed by atoms with Crippen molar-refractivity contribution in [2.24, 2.45) is 0 Å². The average Bonchev–Trinajstić information content (AvgIpc) is 3.22. The lowest BCUT2D eigenvalue weighted by atomic mass is 10.2. The fourth-order valence-electron chi connectivity index (χ4n) is 2.73. The molecule has 3 rings (SSSR count). The van der Waals surface area contributed by atoms with Gasteiger partial charge in [0.15, 0.2) is 0 Å². The number of nitrogens with zero attached hydrogens (tertiary/aromatic N) is 1. The summed E-state index contributed by atoms with van der Waals surface area (Å²) in [4.78, 5) is 25.2. The molecule has 2 aromatic rings. The lowest BCUT2D eigenvalue weighted by Crippen LogP contribution is -2.29. The van der Waals surface area contributed by atoms with E-state index in [9.17, 15) is 9.59 Å². The number of rotatable bonds is 8. The predicted octanol–water partition coefficient (Wildman–Crippen LogP) is 4.79. The van der Waals surface area contributed by atoms with Gasteiger partial charge >= 0.3 is 5.97 Å². The molecule has 1 amide bonds. The SMILES string of the molecule is O=C(O)CCCCCN1C(=O)/C(=C\c2ccc(-c3ccccc3)o2)SC1=S. The summed E-state index contributed by atoms with van der Waals surface area (Å²) < 4.78 is 6.35. The number of thioether (sulfide) groups is 1. The molecule has 140 valence electrons. The Morgan fingerprint density at radius 3 is 2.67 bits per heavy atom. The van der Waals surface area contributed by atoms with Gasteiger partial charge in [-0.3, -0.25) is 14.5 Å². The minimum Gasteiger partial charge on any atom is -0.481 e. The minimum absolute atomic E-state index is 0.124. The molecular formula is C20H19NO4S2. The number of carboxylic acids is 1. The number of benzene rings is 1. The van der Waals surface area contributed by atoms with Gasteiger partial charge in [0.2, 0.25) is 0 Å². The number of aliphatic carboxylic acids is 1. The molecular weight excluding hydrogens is 382 g/mol. The zero-order valence-electron chi connectivity index (χ0n) is 14.6. The van der Waals surface area contributed by atoms with Gasteiger partial charge in [0, 0.05) is 24.6 Å². The first-order chi connectivity index (χ1) is 13.0. The summed E-state index contributed by atoms with van der Waals surface area (Å²) in [6, 6.07) is 13.5. The summed E-state index contributed by atoms with van der Waals surface area (Å²) in [5.41, 5.74) is 0.978. The highest BCUT2D eigenvalue weighted by Gasteiger charge is 2.31. The Balaban J connectivity index is 1.61. The van der Waals surface area contributed by atoms with Gasteiger partial charge in [0.25, 0.3) is 5.91 Å². The zero-order valence-corrected chi connectivity index (χ0v) is 16.2. The number of hydrogen-bond donors (Lipinski definition) is 1. The van der Waals surface area contributed by atoms with Crippen LogP contribution in [0.2, 0.25) is 0 Å². The number of hydrogen-bond acceptors (Lipinski definition) is 5. The van der Waals surface area contributed by atoms with Gasteiger partial charge in [-0.2, -0.15) is 0 Å². The molecule has 1 aliphatic rings. The second kappa shape index (κ2) is 9.01. The number of amides is 1. The summed E-state index contributed by atoms with van der Waals surface area (Å²) in [6.45, 7) is 0.509. The van der Waals surface area contributed by atoms with Gasteiger partial charge in [-0.15, -0.1) is 0 Å². The number of carboxylic acid groups (broad SMARTS) is 1. The largest absolute Gasteiger partial charge is 0.481 e. The molecule has 0 atom stereocenters. The molecule has 1 fully saturated rings. The van der Waals surface area contributed by atoms with Crippen molar-refractivity contribution in [3.8, 4) is 11.3 Å². The van der Waals surface area contributed by atoms with Crippen LogP contribution in [0.25, 0.3) is 17.4 Å². The molecule has 7 heteroatoms. The van der Waals surface area contributed by atoms with Crippen molar-refractivity contribution in [2.75, 3.05) is 6.54 Å². The van der Waals surface area contributed by atoms with Crippen molar-refractivity contribution in [1.82, 2.24) is 4.90 Å². The maximum absolute atomic E-state index is 12.6. The Morgan fingerprint density at radius 1 is 1.15 bits per heavy atom. The molecule has 0 saturated carbocycles. The first kappa shape index (κ1) is 19.4. The maximum atomic E-state index is 12.6. The van der Waals surface area contributed by atoms with Gasteiger partial charge in [0.1, 0.15) is 15.8 Å². The van der Waals surface area contributed by atoms with Gasteiger partial charge in [-0.1, -0.05) is 60.7 Å². The third-order valence-electron chi connectivity index (χ3n) is 4.10. The third kappa shape index (κ3) is 5.08. The number of thiocarbonyl (C=S) groups is 1. The van der Waals surface area contributed by atoms with Crippen LogP contribution >= 0.6 is 24.0 Å². The van der Waals surface area contributed by atoms with E-state index < -0.39 is 5.97 Å². The third-order valence-corrected chi connectivity index (χ3v) is 5.48. The summed E-state index contributed by atoms with van der Waals surface area (Å²) in [6.07, 6.45) is 3.96. The van der Waals surface area contributed by atoms with E-state index in [0.29, 0.717) is 28.0 Å². The lowest BCUT2D eigenvalue weighted by Gasteiger charge is -2.13. The van der Waals surface area contributed by atoms with Crippen LogP contribution in [-0.4, -0.2) is 32.7 Å². The Bertz CT molecular complexity index is 873. The highest BCUT2D eigenvalue weighted by molar-refractivity contribution is 8.26. The van der Waals surface area contributed by atoms with E-state index in [-0.39, 0.29) is 12.3 Å². The van der Waals surface area contributed by atoms with Crippen molar-refractivity contribution >= 4 is 46.3 Å². The molecule has 0 unspecified atom stereocenters. The number of carbonyl (C=O) groups is 2. The summed E-state index contributed by atoms with van der Waals surface area (Å²) >= 11 is 6.58. The van der Waals surface area contributed by atoms with Crippen LogP contribution in [0.3, 0.4) is 0 Å². The molecule has 2 heterocycles. The molecule has 1 saturated heterocycles. The minimum atomic E-state index is -0.795. The predicted molar refractivity (Wildman–Crippen MR) is 110 cm³/mol. The summed E-state index contributed by atoms with van der Waals surface area (Å²) in [5, 5.41) is 8.65. The van der Waals surface area contributed by atoms with Crippen LogP contribution < -0.4 is 0 Å². The van der Waals surface area contributed by atoms with E-state index >= 15 is 0 Å². The van der Waals surface area contributed by atoms with Gasteiger partial charge in [-0.05, 0) is 25.0 Å². The molecule has 1 aromatic heterocycles. The molecule has 0 spiro atoms. The molecule has 1 aliphatic heterocycles. The van der Waals surface area contributed by atoms with Gasteiger partial charge in [-0.25, -0.2) is 0 Å². The first-order valence-corrected chi connectivity index (χ1v) is 9.89.